The Morgan fingerprint density at radius 3 is 2.71 bits per heavy atom. The summed E-state index contributed by atoms with van der Waals surface area (Å²) >= 11 is 1.47. The Morgan fingerprint density at radius 2 is 2.00 bits per heavy atom. The Hall–Kier alpha value is -2.99. The van der Waals surface area contributed by atoms with Crippen molar-refractivity contribution < 1.29 is 4.79 Å². The highest BCUT2D eigenvalue weighted by Gasteiger charge is 2.08. The minimum Gasteiger partial charge on any atom is -0.311 e. The Bertz CT molecular complexity index is 898. The van der Waals surface area contributed by atoms with Gasteiger partial charge in [0.05, 0.1) is 5.69 Å². The first-order valence-corrected chi connectivity index (χ1v) is 8.26. The van der Waals surface area contributed by atoms with Crippen molar-refractivity contribution in [1.29, 1.82) is 0 Å². The molecule has 2 aromatic heterocycles. The van der Waals surface area contributed by atoms with Crippen LogP contribution >= 0.6 is 11.3 Å². The number of carbonyl (C=O) groups excluding carboxylic acids is 1. The Kier molecular flexibility index (Phi) is 4.98. The highest BCUT2D eigenvalue weighted by molar-refractivity contribution is 7.07. The molecular weight excluding hydrogens is 320 g/mol. The molecule has 0 atom stereocenters. The second-order valence-corrected chi connectivity index (χ2v) is 5.79. The number of nitrogens with zero attached hydrogens (tertiary/aromatic N) is 3. The van der Waals surface area contributed by atoms with Crippen LogP contribution in [-0.2, 0) is 6.54 Å². The predicted molar refractivity (Wildman–Crippen MR) is 95.2 cm³/mol. The number of rotatable bonds is 5. The van der Waals surface area contributed by atoms with Crippen LogP contribution in [0.15, 0.2) is 78.0 Å². The highest BCUT2D eigenvalue weighted by Crippen LogP contribution is 2.19. The molecule has 0 aliphatic rings. The number of benzene rings is 1. The number of amides is 1. The summed E-state index contributed by atoms with van der Waals surface area (Å²) < 4.78 is 2.01. The van der Waals surface area contributed by atoms with E-state index in [9.17, 15) is 4.79 Å². The molecule has 120 valence electrons. The minimum atomic E-state index is -0.266. The largest absolute Gasteiger partial charge is 0.311 e. The minimum absolute atomic E-state index is 0.266. The number of hydrogen-bond donors (Lipinski definition) is 1. The summed E-state index contributed by atoms with van der Waals surface area (Å²) in [5.74, 6) is -0.266. The van der Waals surface area contributed by atoms with Crippen LogP contribution in [0.5, 0.6) is 0 Å². The van der Waals surface area contributed by atoms with E-state index in [1.807, 2.05) is 46.4 Å². The van der Waals surface area contributed by atoms with E-state index < -0.39 is 0 Å². The summed E-state index contributed by atoms with van der Waals surface area (Å²) in [6.07, 6.45) is 4.96. The summed E-state index contributed by atoms with van der Waals surface area (Å²) in [5.41, 5.74) is 5.24. The summed E-state index contributed by atoms with van der Waals surface area (Å²) in [7, 11) is 0. The second-order valence-electron chi connectivity index (χ2n) is 4.96. The first kappa shape index (κ1) is 15.9. The maximum absolute atomic E-state index is 12.1. The van der Waals surface area contributed by atoms with Crippen molar-refractivity contribution in [3.05, 3.63) is 83.3 Å². The topological polar surface area (TPSA) is 59.3 Å². The Morgan fingerprint density at radius 1 is 1.25 bits per heavy atom. The highest BCUT2D eigenvalue weighted by atomic mass is 32.1. The van der Waals surface area contributed by atoms with E-state index in [4.69, 9.17) is 0 Å². The first-order chi connectivity index (χ1) is 11.8. The summed E-state index contributed by atoms with van der Waals surface area (Å²) in [4.78, 5) is 16.7. The van der Waals surface area contributed by atoms with Gasteiger partial charge in [0.15, 0.2) is 0 Å². The third kappa shape index (κ3) is 3.49. The van der Waals surface area contributed by atoms with Crippen LogP contribution in [0.25, 0.3) is 11.3 Å². The molecule has 0 aliphatic carbocycles. The molecule has 0 saturated carbocycles. The lowest BCUT2D eigenvalue weighted by Gasteiger charge is -2.06. The molecule has 0 saturated heterocycles. The molecule has 0 aliphatic heterocycles. The molecule has 0 spiro atoms. The quantitative estimate of drug-likeness (QED) is 0.575. The van der Waals surface area contributed by atoms with Gasteiger partial charge in [0.1, 0.15) is 0 Å². The number of nitrogens with one attached hydrogen (secondary N) is 1. The van der Waals surface area contributed by atoms with Crippen LogP contribution in [0.4, 0.5) is 0 Å². The standard InChI is InChI=1S/C18H16N4OS/c1-2-12-22-16(14-6-4-3-5-7-14)13-24-18(22)21-20-17(23)15-8-10-19-11-9-15/h2-11,13H,1,12H2,(H,20,23)/b21-18-. The fourth-order valence-electron chi connectivity index (χ4n) is 2.23. The normalized spacial score (nSPS) is 11.2. The Labute approximate surface area is 143 Å². The summed E-state index contributed by atoms with van der Waals surface area (Å²) in [6, 6.07) is 13.3. The maximum Gasteiger partial charge on any atom is 0.271 e. The molecule has 0 unspecified atom stereocenters. The molecule has 1 N–H and O–H groups in total. The maximum atomic E-state index is 12.1. The molecule has 5 nitrogen and oxygen atoms in total. The lowest BCUT2D eigenvalue weighted by Crippen LogP contribution is -2.24. The van der Waals surface area contributed by atoms with Crippen molar-refractivity contribution in [1.82, 2.24) is 15.0 Å². The third-order valence-corrected chi connectivity index (χ3v) is 4.24. The van der Waals surface area contributed by atoms with Gasteiger partial charge in [0.25, 0.3) is 5.91 Å². The van der Waals surface area contributed by atoms with Crippen LogP contribution in [0.2, 0.25) is 0 Å². The van der Waals surface area contributed by atoms with Crippen molar-refractivity contribution in [2.24, 2.45) is 5.10 Å². The van der Waals surface area contributed by atoms with Gasteiger partial charge >= 0.3 is 0 Å². The van der Waals surface area contributed by atoms with E-state index >= 15 is 0 Å². The van der Waals surface area contributed by atoms with E-state index in [2.05, 4.69) is 22.1 Å². The van der Waals surface area contributed by atoms with Gasteiger partial charge in [-0.1, -0.05) is 36.4 Å². The zero-order chi connectivity index (χ0) is 16.8. The van der Waals surface area contributed by atoms with Crippen molar-refractivity contribution >= 4 is 17.2 Å². The Balaban J connectivity index is 1.92. The van der Waals surface area contributed by atoms with Gasteiger partial charge in [0.2, 0.25) is 4.80 Å². The molecule has 2 heterocycles. The van der Waals surface area contributed by atoms with Crippen molar-refractivity contribution in [3.8, 4) is 11.3 Å². The van der Waals surface area contributed by atoms with E-state index in [1.165, 1.54) is 11.3 Å². The lowest BCUT2D eigenvalue weighted by atomic mass is 10.2. The molecule has 3 rings (SSSR count). The van der Waals surface area contributed by atoms with Gasteiger partial charge in [-0.25, -0.2) is 5.43 Å². The van der Waals surface area contributed by atoms with Crippen LogP contribution < -0.4 is 10.2 Å². The molecule has 0 bridgehead atoms. The second kappa shape index (κ2) is 7.52. The predicted octanol–water partition coefficient (Wildman–Crippen LogP) is 3.04. The van der Waals surface area contributed by atoms with E-state index in [1.54, 1.807) is 24.5 Å². The fraction of sp³-hybridized carbons (Fsp3) is 0.0556. The molecule has 1 amide bonds. The average Bonchev–Trinajstić information content (AvgIpc) is 3.04. The summed E-state index contributed by atoms with van der Waals surface area (Å²) in [5, 5.41) is 6.29. The van der Waals surface area contributed by atoms with Gasteiger partial charge in [-0.3, -0.25) is 9.78 Å². The number of allylic oxidation sites excluding steroid dienone is 1. The number of pyridine rings is 1. The van der Waals surface area contributed by atoms with Gasteiger partial charge in [-0.05, 0) is 17.7 Å². The van der Waals surface area contributed by atoms with Gasteiger partial charge in [-0.2, -0.15) is 0 Å². The molecule has 0 radical (unpaired) electrons. The van der Waals surface area contributed by atoms with Gasteiger partial charge < -0.3 is 4.57 Å². The first-order valence-electron chi connectivity index (χ1n) is 7.38. The van der Waals surface area contributed by atoms with E-state index in [-0.39, 0.29) is 5.91 Å². The van der Waals surface area contributed by atoms with Crippen molar-refractivity contribution in [2.45, 2.75) is 6.54 Å². The molecular formula is C18H16N4OS. The van der Waals surface area contributed by atoms with Crippen LogP contribution in [0.1, 0.15) is 10.4 Å². The van der Waals surface area contributed by atoms with Gasteiger partial charge in [0, 0.05) is 29.9 Å². The van der Waals surface area contributed by atoms with Crippen LogP contribution in [0, 0.1) is 0 Å². The smallest absolute Gasteiger partial charge is 0.271 e. The van der Waals surface area contributed by atoms with Crippen LogP contribution in [0.3, 0.4) is 0 Å². The SMILES string of the molecule is C=CCn1c(-c2ccccc2)cs/c1=N\NC(=O)c1ccncc1. The number of hydrogen-bond acceptors (Lipinski definition) is 4. The van der Waals surface area contributed by atoms with Crippen molar-refractivity contribution in [2.75, 3.05) is 0 Å². The van der Waals surface area contributed by atoms with E-state index in [0.29, 0.717) is 16.9 Å². The zero-order valence-electron chi connectivity index (χ0n) is 12.9. The zero-order valence-corrected chi connectivity index (χ0v) is 13.7. The number of thiazole rings is 1. The number of carbonyl (C=O) groups is 1. The monoisotopic (exact) mass is 336 g/mol. The fourth-order valence-corrected chi connectivity index (χ4v) is 3.11. The molecule has 24 heavy (non-hydrogen) atoms. The van der Waals surface area contributed by atoms with Crippen LogP contribution in [-0.4, -0.2) is 15.5 Å². The van der Waals surface area contributed by atoms with Gasteiger partial charge in [-0.15, -0.1) is 23.0 Å². The molecule has 0 fully saturated rings. The molecule has 6 heteroatoms. The average molecular weight is 336 g/mol. The number of aromatic nitrogens is 2. The lowest BCUT2D eigenvalue weighted by molar-refractivity contribution is 0.0953. The van der Waals surface area contributed by atoms with E-state index in [0.717, 1.165) is 11.3 Å². The van der Waals surface area contributed by atoms with Crippen molar-refractivity contribution in [3.63, 3.8) is 0 Å². The third-order valence-electron chi connectivity index (χ3n) is 3.37. The molecule has 3 aromatic rings. The molecule has 1 aromatic carbocycles. The summed E-state index contributed by atoms with van der Waals surface area (Å²) in [6.45, 7) is 4.41.